The second-order valence-corrected chi connectivity index (χ2v) is 7.54. The van der Waals surface area contributed by atoms with E-state index in [1.54, 1.807) is 6.07 Å². The molecule has 21 heavy (non-hydrogen) atoms. The average molecular weight is 444 g/mol. The van der Waals surface area contributed by atoms with Crippen LogP contribution in [0.2, 0.25) is 0 Å². The maximum atomic E-state index is 12.2. The number of primary amides is 1. The Balaban J connectivity index is 3.03. The van der Waals surface area contributed by atoms with Gasteiger partial charge in [0, 0.05) is 15.4 Å². The standard InChI is InChI=1S/C11H12Br2N2O5S/c12-6-1-2-7(13)9(5-6)21(19,20)15-8(11(17)18)3-4-10(14)16/h1-2,5,8,15H,3-4H2,(H2,14,16)(H,17,18)/t8-/m0/s1. The van der Waals surface area contributed by atoms with E-state index < -0.39 is 27.9 Å². The van der Waals surface area contributed by atoms with Crippen molar-refractivity contribution in [3.8, 4) is 0 Å². The number of carboxylic acid groups (broad SMARTS) is 1. The number of benzene rings is 1. The summed E-state index contributed by atoms with van der Waals surface area (Å²) in [7, 11) is -4.07. The molecule has 0 heterocycles. The highest BCUT2D eigenvalue weighted by Crippen LogP contribution is 2.25. The predicted molar refractivity (Wildman–Crippen MR) is 82.0 cm³/mol. The molecule has 116 valence electrons. The molecule has 0 saturated heterocycles. The number of amides is 1. The molecule has 1 amide bonds. The van der Waals surface area contributed by atoms with Gasteiger partial charge in [0.1, 0.15) is 6.04 Å². The lowest BCUT2D eigenvalue weighted by Crippen LogP contribution is -2.41. The fraction of sp³-hybridized carbons (Fsp3) is 0.273. The van der Waals surface area contributed by atoms with Crippen molar-refractivity contribution in [2.45, 2.75) is 23.8 Å². The number of sulfonamides is 1. The Hall–Kier alpha value is -0.970. The van der Waals surface area contributed by atoms with E-state index in [9.17, 15) is 18.0 Å². The van der Waals surface area contributed by atoms with E-state index in [-0.39, 0.29) is 22.2 Å². The third-order valence-corrected chi connectivity index (χ3v) is 5.42. The van der Waals surface area contributed by atoms with E-state index in [0.717, 1.165) is 0 Å². The topological polar surface area (TPSA) is 127 Å². The van der Waals surface area contributed by atoms with Gasteiger partial charge in [-0.1, -0.05) is 15.9 Å². The van der Waals surface area contributed by atoms with E-state index >= 15 is 0 Å². The first kappa shape index (κ1) is 18.1. The van der Waals surface area contributed by atoms with Gasteiger partial charge in [-0.05, 0) is 40.5 Å². The van der Waals surface area contributed by atoms with E-state index in [4.69, 9.17) is 10.8 Å². The molecule has 1 atom stereocenters. The number of nitrogens with two attached hydrogens (primary N) is 1. The van der Waals surface area contributed by atoms with Crippen LogP contribution < -0.4 is 10.5 Å². The largest absolute Gasteiger partial charge is 0.480 e. The Bertz CT molecular complexity index is 663. The molecule has 1 rings (SSSR count). The molecule has 0 fully saturated rings. The van der Waals surface area contributed by atoms with Crippen LogP contribution in [0, 0.1) is 0 Å². The zero-order valence-electron chi connectivity index (χ0n) is 10.5. The monoisotopic (exact) mass is 442 g/mol. The summed E-state index contributed by atoms with van der Waals surface area (Å²) in [5.74, 6) is -2.09. The molecule has 0 aliphatic rings. The fourth-order valence-corrected chi connectivity index (χ4v) is 4.18. The maximum absolute atomic E-state index is 12.2. The third kappa shape index (κ3) is 5.38. The van der Waals surface area contributed by atoms with Gasteiger partial charge < -0.3 is 10.8 Å². The van der Waals surface area contributed by atoms with Crippen LogP contribution >= 0.6 is 31.9 Å². The van der Waals surface area contributed by atoms with Crippen LogP contribution in [0.4, 0.5) is 0 Å². The van der Waals surface area contributed by atoms with E-state index in [1.165, 1.54) is 12.1 Å². The molecule has 7 nitrogen and oxygen atoms in total. The summed E-state index contributed by atoms with van der Waals surface area (Å²) in [5.41, 5.74) is 4.94. The summed E-state index contributed by atoms with van der Waals surface area (Å²) >= 11 is 6.24. The summed E-state index contributed by atoms with van der Waals surface area (Å²) in [6.07, 6.45) is -0.464. The number of carboxylic acids is 1. The van der Waals surface area contributed by atoms with Crippen molar-refractivity contribution in [2.75, 3.05) is 0 Å². The zero-order chi connectivity index (χ0) is 16.2. The number of carbonyl (C=O) groups excluding carboxylic acids is 1. The van der Waals surface area contributed by atoms with Crippen molar-refractivity contribution in [1.29, 1.82) is 0 Å². The zero-order valence-corrected chi connectivity index (χ0v) is 14.5. The van der Waals surface area contributed by atoms with Crippen LogP contribution in [0.3, 0.4) is 0 Å². The molecular formula is C11H12Br2N2O5S. The lowest BCUT2D eigenvalue weighted by atomic mass is 10.2. The van der Waals surface area contributed by atoms with Gasteiger partial charge in [0.25, 0.3) is 0 Å². The lowest BCUT2D eigenvalue weighted by Gasteiger charge is -2.15. The van der Waals surface area contributed by atoms with Crippen molar-refractivity contribution in [2.24, 2.45) is 5.73 Å². The summed E-state index contributed by atoms with van der Waals surface area (Å²) in [5, 5.41) is 9.02. The van der Waals surface area contributed by atoms with Crippen LogP contribution in [0.25, 0.3) is 0 Å². The van der Waals surface area contributed by atoms with Gasteiger partial charge in [-0.25, -0.2) is 8.42 Å². The number of halogens is 2. The Morgan fingerprint density at radius 1 is 1.33 bits per heavy atom. The number of hydrogen-bond donors (Lipinski definition) is 3. The molecular weight excluding hydrogens is 432 g/mol. The van der Waals surface area contributed by atoms with Gasteiger partial charge in [-0.15, -0.1) is 0 Å². The van der Waals surface area contributed by atoms with E-state index in [1.807, 2.05) is 4.72 Å². The molecule has 0 aliphatic heterocycles. The van der Waals surface area contributed by atoms with E-state index in [2.05, 4.69) is 31.9 Å². The first-order valence-electron chi connectivity index (χ1n) is 5.62. The molecule has 0 aromatic heterocycles. The second kappa shape index (κ2) is 7.34. The third-order valence-electron chi connectivity index (χ3n) is 2.46. The first-order chi connectivity index (χ1) is 9.63. The molecule has 10 heteroatoms. The Labute approximate surface area is 138 Å². The highest BCUT2D eigenvalue weighted by atomic mass is 79.9. The minimum absolute atomic E-state index is 0.109. The van der Waals surface area contributed by atoms with Crippen molar-refractivity contribution in [3.63, 3.8) is 0 Å². The van der Waals surface area contributed by atoms with Gasteiger partial charge in [0.15, 0.2) is 0 Å². The normalized spacial score (nSPS) is 12.9. The van der Waals surface area contributed by atoms with Crippen LogP contribution in [0.15, 0.2) is 32.0 Å². The molecule has 0 saturated carbocycles. The molecule has 0 unspecified atom stereocenters. The quantitative estimate of drug-likeness (QED) is 0.583. The minimum Gasteiger partial charge on any atom is -0.480 e. The number of aliphatic carboxylic acids is 1. The van der Waals surface area contributed by atoms with Crippen molar-refractivity contribution >= 4 is 53.8 Å². The van der Waals surface area contributed by atoms with Crippen LogP contribution in [-0.2, 0) is 19.6 Å². The highest BCUT2D eigenvalue weighted by molar-refractivity contribution is 9.11. The minimum atomic E-state index is -4.07. The molecule has 0 aliphatic carbocycles. The number of rotatable bonds is 7. The molecule has 1 aromatic rings. The number of hydrogen-bond acceptors (Lipinski definition) is 4. The Morgan fingerprint density at radius 3 is 2.48 bits per heavy atom. The average Bonchev–Trinajstić information content (AvgIpc) is 2.36. The van der Waals surface area contributed by atoms with Crippen LogP contribution in [0.1, 0.15) is 12.8 Å². The molecule has 4 N–H and O–H groups in total. The van der Waals surface area contributed by atoms with Gasteiger partial charge in [-0.3, -0.25) is 9.59 Å². The number of carbonyl (C=O) groups is 2. The van der Waals surface area contributed by atoms with Crippen LogP contribution in [-0.4, -0.2) is 31.4 Å². The fourth-order valence-electron chi connectivity index (χ4n) is 1.45. The Morgan fingerprint density at radius 2 is 1.95 bits per heavy atom. The highest BCUT2D eigenvalue weighted by Gasteiger charge is 2.27. The maximum Gasteiger partial charge on any atom is 0.321 e. The summed E-state index contributed by atoms with van der Waals surface area (Å²) in [6, 6.07) is 3.04. The SMILES string of the molecule is NC(=O)CC[C@H](NS(=O)(=O)c1cc(Br)ccc1Br)C(=O)O. The van der Waals surface area contributed by atoms with Gasteiger partial charge >= 0.3 is 5.97 Å². The summed E-state index contributed by atoms with van der Waals surface area (Å²) in [6.45, 7) is 0. The van der Waals surface area contributed by atoms with Crippen LogP contribution in [0.5, 0.6) is 0 Å². The Kier molecular flexibility index (Phi) is 6.32. The second-order valence-electron chi connectivity index (χ2n) is 4.09. The molecule has 1 aromatic carbocycles. The van der Waals surface area contributed by atoms with Gasteiger partial charge in [0.05, 0.1) is 4.90 Å². The molecule has 0 radical (unpaired) electrons. The van der Waals surface area contributed by atoms with Crippen molar-refractivity contribution in [1.82, 2.24) is 4.72 Å². The predicted octanol–water partition coefficient (Wildman–Crippen LogP) is 1.21. The van der Waals surface area contributed by atoms with Crippen molar-refractivity contribution < 1.29 is 23.1 Å². The van der Waals surface area contributed by atoms with Gasteiger partial charge in [-0.2, -0.15) is 4.72 Å². The van der Waals surface area contributed by atoms with Gasteiger partial charge in [0.2, 0.25) is 15.9 Å². The van der Waals surface area contributed by atoms with Crippen molar-refractivity contribution in [3.05, 3.63) is 27.1 Å². The smallest absolute Gasteiger partial charge is 0.321 e. The lowest BCUT2D eigenvalue weighted by molar-refractivity contribution is -0.139. The molecule has 0 spiro atoms. The number of nitrogens with one attached hydrogen (secondary N) is 1. The first-order valence-corrected chi connectivity index (χ1v) is 8.69. The summed E-state index contributed by atoms with van der Waals surface area (Å²) in [4.78, 5) is 21.7. The van der Waals surface area contributed by atoms with E-state index in [0.29, 0.717) is 4.47 Å². The molecule has 0 bridgehead atoms. The summed E-state index contributed by atoms with van der Waals surface area (Å²) < 4.78 is 27.3.